The Balaban J connectivity index is 1.37. The van der Waals surface area contributed by atoms with Crippen molar-refractivity contribution < 1.29 is 4.74 Å². The van der Waals surface area contributed by atoms with E-state index < -0.39 is 0 Å². The van der Waals surface area contributed by atoms with E-state index in [9.17, 15) is 0 Å². The molecule has 1 aromatic heterocycles. The van der Waals surface area contributed by atoms with E-state index in [-0.39, 0.29) is 0 Å². The molecule has 3 rings (SSSR count). The van der Waals surface area contributed by atoms with Crippen LogP contribution in [0.1, 0.15) is 54.8 Å². The maximum absolute atomic E-state index is 5.94. The van der Waals surface area contributed by atoms with Crippen LogP contribution in [0.25, 0.3) is 0 Å². The van der Waals surface area contributed by atoms with Gasteiger partial charge in [-0.15, -0.1) is 0 Å². The van der Waals surface area contributed by atoms with Gasteiger partial charge in [0.15, 0.2) is 0 Å². The zero-order valence-corrected chi connectivity index (χ0v) is 18.9. The number of ether oxygens (including phenoxy) is 1. The number of rotatable bonds is 14. The summed E-state index contributed by atoms with van der Waals surface area (Å²) in [6, 6.07) is 17.5. The topological polar surface area (TPSA) is 53.2 Å². The minimum absolute atomic E-state index is 0.628. The highest BCUT2D eigenvalue weighted by Crippen LogP contribution is 2.12. The van der Waals surface area contributed by atoms with Crippen LogP contribution in [-0.4, -0.2) is 28.0 Å². The first kappa shape index (κ1) is 23.2. The third kappa shape index (κ3) is 8.29. The Morgan fingerprint density at radius 3 is 1.94 bits per heavy atom. The van der Waals surface area contributed by atoms with Gasteiger partial charge < -0.3 is 15.0 Å². The predicted molar refractivity (Wildman–Crippen MR) is 126 cm³/mol. The standard InChI is InChI=1S/C26H36N4O/c1-3-15-30(16-4-2)19-23-7-11-25(12-8-23)21-31-20-24-9-5-22(6-10-24)17-27-18-26-28-13-14-29-26/h5-14,27H,3-4,15-21H2,1-2H3,(H,28,29). The molecule has 0 aliphatic carbocycles. The Labute approximate surface area is 186 Å². The Morgan fingerprint density at radius 2 is 1.39 bits per heavy atom. The van der Waals surface area contributed by atoms with E-state index >= 15 is 0 Å². The first-order valence-corrected chi connectivity index (χ1v) is 11.4. The molecule has 31 heavy (non-hydrogen) atoms. The summed E-state index contributed by atoms with van der Waals surface area (Å²) in [5.74, 6) is 0.956. The van der Waals surface area contributed by atoms with Gasteiger partial charge >= 0.3 is 0 Å². The van der Waals surface area contributed by atoms with Crippen molar-refractivity contribution in [1.82, 2.24) is 20.2 Å². The van der Waals surface area contributed by atoms with Gasteiger partial charge in [0, 0.05) is 25.5 Å². The first-order valence-electron chi connectivity index (χ1n) is 11.4. The number of benzene rings is 2. The minimum atomic E-state index is 0.628. The summed E-state index contributed by atoms with van der Waals surface area (Å²) in [6.45, 7) is 10.7. The van der Waals surface area contributed by atoms with Crippen LogP contribution >= 0.6 is 0 Å². The molecule has 0 fully saturated rings. The summed E-state index contributed by atoms with van der Waals surface area (Å²) in [5.41, 5.74) is 5.05. The fraction of sp³-hybridized carbons (Fsp3) is 0.423. The van der Waals surface area contributed by atoms with Gasteiger partial charge in [0.2, 0.25) is 0 Å². The van der Waals surface area contributed by atoms with E-state index in [4.69, 9.17) is 4.74 Å². The zero-order valence-electron chi connectivity index (χ0n) is 18.9. The van der Waals surface area contributed by atoms with Gasteiger partial charge in [-0.25, -0.2) is 4.98 Å². The van der Waals surface area contributed by atoms with E-state index in [1.54, 1.807) is 6.20 Å². The number of H-pyrrole nitrogens is 1. The maximum atomic E-state index is 5.94. The highest BCUT2D eigenvalue weighted by Gasteiger charge is 2.04. The molecule has 166 valence electrons. The second kappa shape index (κ2) is 13.1. The van der Waals surface area contributed by atoms with Crippen LogP contribution in [-0.2, 0) is 37.6 Å². The van der Waals surface area contributed by atoms with Crippen molar-refractivity contribution in [1.29, 1.82) is 0 Å². The highest BCUT2D eigenvalue weighted by molar-refractivity contribution is 5.23. The Hall–Kier alpha value is -2.47. The van der Waals surface area contributed by atoms with Crippen molar-refractivity contribution in [2.75, 3.05) is 13.1 Å². The van der Waals surface area contributed by atoms with Crippen LogP contribution in [0, 0.1) is 0 Å². The second-order valence-electron chi connectivity index (χ2n) is 8.04. The van der Waals surface area contributed by atoms with Crippen molar-refractivity contribution in [3.05, 3.63) is 89.0 Å². The molecule has 2 N–H and O–H groups in total. The Kier molecular flexibility index (Phi) is 9.77. The fourth-order valence-corrected chi connectivity index (χ4v) is 3.66. The fourth-order valence-electron chi connectivity index (χ4n) is 3.66. The number of hydrogen-bond acceptors (Lipinski definition) is 4. The predicted octanol–water partition coefficient (Wildman–Crippen LogP) is 5.04. The monoisotopic (exact) mass is 420 g/mol. The highest BCUT2D eigenvalue weighted by atomic mass is 16.5. The van der Waals surface area contributed by atoms with Crippen LogP contribution in [0.4, 0.5) is 0 Å². The summed E-state index contributed by atoms with van der Waals surface area (Å²) in [7, 11) is 0. The summed E-state index contributed by atoms with van der Waals surface area (Å²) < 4.78 is 5.94. The molecule has 5 heteroatoms. The van der Waals surface area contributed by atoms with Crippen molar-refractivity contribution in [3.63, 3.8) is 0 Å². The molecule has 2 aromatic carbocycles. The van der Waals surface area contributed by atoms with E-state index in [0.717, 1.165) is 38.5 Å². The van der Waals surface area contributed by atoms with Crippen LogP contribution < -0.4 is 5.32 Å². The van der Waals surface area contributed by atoms with Crippen molar-refractivity contribution >= 4 is 0 Å². The Morgan fingerprint density at radius 1 is 0.806 bits per heavy atom. The molecule has 0 aliphatic rings. The van der Waals surface area contributed by atoms with Crippen LogP contribution in [0.5, 0.6) is 0 Å². The van der Waals surface area contributed by atoms with Gasteiger partial charge in [-0.3, -0.25) is 4.90 Å². The first-order chi connectivity index (χ1) is 15.3. The van der Waals surface area contributed by atoms with E-state index in [1.807, 2.05) is 6.20 Å². The third-order valence-electron chi connectivity index (χ3n) is 5.25. The van der Waals surface area contributed by atoms with Crippen LogP contribution in [0.3, 0.4) is 0 Å². The molecule has 0 aliphatic heterocycles. The second-order valence-corrected chi connectivity index (χ2v) is 8.04. The number of nitrogens with zero attached hydrogens (tertiary/aromatic N) is 2. The number of aromatic nitrogens is 2. The molecule has 0 unspecified atom stereocenters. The van der Waals surface area contributed by atoms with E-state index in [2.05, 4.69) is 82.6 Å². The molecular formula is C26H36N4O. The number of aromatic amines is 1. The SMILES string of the molecule is CCCN(CCC)Cc1ccc(COCc2ccc(CNCc3ncc[nH]3)cc2)cc1. The van der Waals surface area contributed by atoms with Gasteiger partial charge in [0.1, 0.15) is 5.82 Å². The molecular weight excluding hydrogens is 384 g/mol. The quantitative estimate of drug-likeness (QED) is 0.384. The molecule has 0 amide bonds. The average molecular weight is 421 g/mol. The van der Waals surface area contributed by atoms with Crippen LogP contribution in [0.2, 0.25) is 0 Å². The molecule has 0 saturated heterocycles. The van der Waals surface area contributed by atoms with Crippen molar-refractivity contribution in [2.24, 2.45) is 0 Å². The summed E-state index contributed by atoms with van der Waals surface area (Å²) in [4.78, 5) is 9.84. The third-order valence-corrected chi connectivity index (χ3v) is 5.25. The molecule has 0 spiro atoms. The van der Waals surface area contributed by atoms with Crippen LogP contribution in [0.15, 0.2) is 60.9 Å². The van der Waals surface area contributed by atoms with Gasteiger partial charge in [0.05, 0.1) is 19.8 Å². The number of imidazole rings is 1. The minimum Gasteiger partial charge on any atom is -0.372 e. The molecule has 0 saturated carbocycles. The smallest absolute Gasteiger partial charge is 0.120 e. The van der Waals surface area contributed by atoms with Gasteiger partial charge in [-0.05, 0) is 48.2 Å². The lowest BCUT2D eigenvalue weighted by atomic mass is 10.1. The zero-order chi connectivity index (χ0) is 21.7. The maximum Gasteiger partial charge on any atom is 0.120 e. The normalized spacial score (nSPS) is 11.3. The Bertz CT molecular complexity index is 838. The molecule has 1 heterocycles. The van der Waals surface area contributed by atoms with Gasteiger partial charge in [-0.1, -0.05) is 62.4 Å². The average Bonchev–Trinajstić information content (AvgIpc) is 3.30. The molecule has 0 bridgehead atoms. The van der Waals surface area contributed by atoms with Crippen molar-refractivity contribution in [2.45, 2.75) is 59.5 Å². The lowest BCUT2D eigenvalue weighted by Gasteiger charge is -2.21. The lowest BCUT2D eigenvalue weighted by Crippen LogP contribution is -2.24. The largest absolute Gasteiger partial charge is 0.372 e. The molecule has 3 aromatic rings. The van der Waals surface area contributed by atoms with Gasteiger partial charge in [0.25, 0.3) is 0 Å². The summed E-state index contributed by atoms with van der Waals surface area (Å²) in [5, 5.41) is 3.39. The molecule has 0 atom stereocenters. The van der Waals surface area contributed by atoms with E-state index in [1.165, 1.54) is 35.1 Å². The van der Waals surface area contributed by atoms with E-state index in [0.29, 0.717) is 13.2 Å². The number of hydrogen-bond donors (Lipinski definition) is 2. The number of nitrogens with one attached hydrogen (secondary N) is 2. The summed E-state index contributed by atoms with van der Waals surface area (Å²) >= 11 is 0. The molecule has 0 radical (unpaired) electrons. The van der Waals surface area contributed by atoms with Crippen molar-refractivity contribution in [3.8, 4) is 0 Å². The molecule has 5 nitrogen and oxygen atoms in total. The lowest BCUT2D eigenvalue weighted by molar-refractivity contribution is 0.107. The summed E-state index contributed by atoms with van der Waals surface area (Å²) in [6.07, 6.45) is 6.02. The van der Waals surface area contributed by atoms with Gasteiger partial charge in [-0.2, -0.15) is 0 Å².